The van der Waals surface area contributed by atoms with Gasteiger partial charge in [-0.1, -0.05) is 38.7 Å². The van der Waals surface area contributed by atoms with E-state index in [2.05, 4.69) is 6.58 Å². The molecule has 0 aromatic carbocycles. The Bertz CT molecular complexity index is 482. The van der Waals surface area contributed by atoms with E-state index in [-0.39, 0.29) is 12.1 Å². The minimum atomic E-state index is -0.230. The van der Waals surface area contributed by atoms with Crippen LogP contribution in [0.25, 0.3) is 0 Å². The zero-order valence-electron chi connectivity index (χ0n) is 15.1. The maximum atomic E-state index is 11.9. The van der Waals surface area contributed by atoms with Gasteiger partial charge in [0.25, 0.3) is 0 Å². The number of hydrogen-bond donors (Lipinski definition) is 0. The largest absolute Gasteiger partial charge is 0.459 e. The normalized spacial score (nSPS) is 34.7. The summed E-state index contributed by atoms with van der Waals surface area (Å²) in [5, 5.41) is 9.52. The quantitative estimate of drug-likeness (QED) is 0.402. The van der Waals surface area contributed by atoms with E-state index in [0.29, 0.717) is 29.5 Å². The minimum absolute atomic E-state index is 0.0561. The van der Waals surface area contributed by atoms with Crippen LogP contribution in [0, 0.1) is 11.8 Å². The van der Waals surface area contributed by atoms with Gasteiger partial charge in [-0.05, 0) is 51.4 Å². The van der Waals surface area contributed by atoms with Gasteiger partial charge in [0.15, 0.2) is 0 Å². The first-order valence-corrected chi connectivity index (χ1v) is 9.91. The maximum absolute atomic E-state index is 11.9. The summed E-state index contributed by atoms with van der Waals surface area (Å²) < 4.78 is 5.75. The number of fused-ring (bicyclic) bond motifs is 1. The van der Waals surface area contributed by atoms with E-state index in [1.165, 1.54) is 51.4 Å². The molecule has 0 heterocycles. The van der Waals surface area contributed by atoms with Crippen molar-refractivity contribution in [3.63, 3.8) is 0 Å². The Kier molecular flexibility index (Phi) is 6.07. The third-order valence-electron chi connectivity index (χ3n) is 6.15. The van der Waals surface area contributed by atoms with Crippen LogP contribution in [-0.2, 0) is 9.53 Å². The molecule has 0 aromatic heterocycles. The first-order chi connectivity index (χ1) is 11.6. The lowest BCUT2D eigenvalue weighted by Crippen LogP contribution is -2.44. The fraction of sp³-hybridized carbons (Fsp3) is 0.850. The summed E-state index contributed by atoms with van der Waals surface area (Å²) in [7, 11) is 0. The predicted molar refractivity (Wildman–Crippen MR) is 94.9 cm³/mol. The fourth-order valence-electron chi connectivity index (χ4n) is 4.79. The molecule has 3 fully saturated rings. The van der Waals surface area contributed by atoms with E-state index in [4.69, 9.17) is 15.0 Å². The van der Waals surface area contributed by atoms with Crippen LogP contribution in [0.4, 0.5) is 0 Å². The van der Waals surface area contributed by atoms with E-state index in [1.54, 1.807) is 6.92 Å². The van der Waals surface area contributed by atoms with Gasteiger partial charge in [0.05, 0.1) is 12.1 Å². The first-order valence-electron chi connectivity index (χ1n) is 9.91. The van der Waals surface area contributed by atoms with Gasteiger partial charge in [0, 0.05) is 11.5 Å². The second kappa shape index (κ2) is 8.26. The average molecular weight is 332 g/mol. The predicted octanol–water partition coefficient (Wildman–Crippen LogP) is 5.23. The molecule has 4 nitrogen and oxygen atoms in total. The Morgan fingerprint density at radius 3 is 2.25 bits per heavy atom. The number of azo groups is 1. The van der Waals surface area contributed by atoms with Crippen molar-refractivity contribution in [2.24, 2.45) is 22.1 Å². The summed E-state index contributed by atoms with van der Waals surface area (Å²) >= 11 is 0. The molecule has 4 atom stereocenters. The summed E-state index contributed by atoms with van der Waals surface area (Å²) in [6.45, 7) is 5.44. The van der Waals surface area contributed by atoms with Crippen LogP contribution in [0.1, 0.15) is 77.6 Å². The summed E-state index contributed by atoms with van der Waals surface area (Å²) in [6, 6.07) is 0.803. The molecule has 134 valence electrons. The first kappa shape index (κ1) is 17.6. The Balaban J connectivity index is 1.63. The van der Waals surface area contributed by atoms with Crippen molar-refractivity contribution in [2.75, 3.05) is 0 Å². The van der Waals surface area contributed by atoms with Gasteiger partial charge in [0.2, 0.25) is 0 Å². The molecule has 24 heavy (non-hydrogen) atoms. The maximum Gasteiger partial charge on any atom is 0.333 e. The molecule has 0 aliphatic heterocycles. The van der Waals surface area contributed by atoms with Crippen LogP contribution < -0.4 is 0 Å². The second-order valence-electron chi connectivity index (χ2n) is 8.00. The third kappa shape index (κ3) is 4.25. The highest BCUT2D eigenvalue weighted by molar-refractivity contribution is 5.87. The lowest BCUT2D eigenvalue weighted by atomic mass is 9.67. The molecule has 0 spiro atoms. The summed E-state index contributed by atoms with van der Waals surface area (Å²) in [4.78, 5) is 11.9. The number of ether oxygens (including phenoxy) is 1. The molecular formula is C20H32N2O2. The molecule has 0 N–H and O–H groups in total. The highest BCUT2D eigenvalue weighted by Gasteiger charge is 2.42. The molecule has 4 unspecified atom stereocenters. The Morgan fingerprint density at radius 2 is 1.54 bits per heavy atom. The average Bonchev–Trinajstić information content (AvgIpc) is 2.61. The highest BCUT2D eigenvalue weighted by Crippen LogP contribution is 2.43. The van der Waals surface area contributed by atoms with Crippen LogP contribution >= 0.6 is 0 Å². The van der Waals surface area contributed by atoms with Gasteiger partial charge in [0.1, 0.15) is 6.10 Å². The van der Waals surface area contributed by atoms with Crippen molar-refractivity contribution in [1.82, 2.24) is 0 Å². The van der Waals surface area contributed by atoms with Gasteiger partial charge in [-0.15, -0.1) is 0 Å². The molecule has 3 aliphatic carbocycles. The topological polar surface area (TPSA) is 51.0 Å². The number of esters is 1. The Labute approximate surface area is 146 Å². The molecule has 0 amide bonds. The van der Waals surface area contributed by atoms with E-state index >= 15 is 0 Å². The van der Waals surface area contributed by atoms with Crippen LogP contribution in [0.15, 0.2) is 22.4 Å². The van der Waals surface area contributed by atoms with Crippen LogP contribution in [-0.4, -0.2) is 24.2 Å². The van der Waals surface area contributed by atoms with Crippen LogP contribution in [0.5, 0.6) is 0 Å². The van der Waals surface area contributed by atoms with Crippen molar-refractivity contribution in [3.05, 3.63) is 12.2 Å². The van der Waals surface area contributed by atoms with Crippen molar-refractivity contribution >= 4 is 5.97 Å². The smallest absolute Gasteiger partial charge is 0.333 e. The van der Waals surface area contributed by atoms with Gasteiger partial charge in [-0.2, -0.15) is 10.2 Å². The second-order valence-corrected chi connectivity index (χ2v) is 8.00. The SMILES string of the molecule is C=C(C)C(=O)OC1CCC(N=NC2CCCCC2)C2CCCCC12. The molecular weight excluding hydrogens is 300 g/mol. The summed E-state index contributed by atoms with van der Waals surface area (Å²) in [5.41, 5.74) is 0.501. The number of carbonyl (C=O) groups is 1. The van der Waals surface area contributed by atoms with Crippen molar-refractivity contribution in [1.29, 1.82) is 0 Å². The third-order valence-corrected chi connectivity index (χ3v) is 6.15. The van der Waals surface area contributed by atoms with Gasteiger partial charge >= 0.3 is 5.97 Å². The molecule has 0 saturated heterocycles. The monoisotopic (exact) mass is 332 g/mol. The number of nitrogens with zero attached hydrogens (tertiary/aromatic N) is 2. The molecule has 4 heteroatoms. The highest BCUT2D eigenvalue weighted by atomic mass is 16.5. The lowest BCUT2D eigenvalue weighted by molar-refractivity contribution is -0.152. The number of carbonyl (C=O) groups excluding carboxylic acids is 1. The Hall–Kier alpha value is -1.19. The lowest BCUT2D eigenvalue weighted by Gasteiger charge is -2.43. The van der Waals surface area contributed by atoms with E-state index < -0.39 is 0 Å². The van der Waals surface area contributed by atoms with E-state index in [1.807, 2.05) is 0 Å². The van der Waals surface area contributed by atoms with E-state index in [0.717, 1.165) is 19.3 Å². The number of hydrogen-bond acceptors (Lipinski definition) is 4. The summed E-state index contributed by atoms with van der Waals surface area (Å²) in [5.74, 6) is 0.778. The molecule has 3 saturated carbocycles. The van der Waals surface area contributed by atoms with Crippen molar-refractivity contribution in [3.8, 4) is 0 Å². The minimum Gasteiger partial charge on any atom is -0.459 e. The zero-order chi connectivity index (χ0) is 16.9. The van der Waals surface area contributed by atoms with Crippen molar-refractivity contribution < 1.29 is 9.53 Å². The fourth-order valence-corrected chi connectivity index (χ4v) is 4.79. The molecule has 3 rings (SSSR count). The molecule has 0 radical (unpaired) electrons. The molecule has 0 aromatic rings. The molecule has 3 aliphatic rings. The standard InChI is InChI=1S/C20H32N2O2/c1-14(2)20(23)24-19-13-12-18(16-10-6-7-11-17(16)19)22-21-15-8-4-3-5-9-15/h15-19H,1,3-13H2,2H3. The van der Waals surface area contributed by atoms with Gasteiger partial charge in [-0.3, -0.25) is 0 Å². The van der Waals surface area contributed by atoms with Crippen molar-refractivity contribution in [2.45, 2.75) is 95.7 Å². The van der Waals surface area contributed by atoms with Gasteiger partial charge in [-0.25, -0.2) is 4.79 Å². The van der Waals surface area contributed by atoms with Gasteiger partial charge < -0.3 is 4.74 Å². The van der Waals surface area contributed by atoms with E-state index in [9.17, 15) is 4.79 Å². The Morgan fingerprint density at radius 1 is 0.875 bits per heavy atom. The van der Waals surface area contributed by atoms with Crippen LogP contribution in [0.3, 0.4) is 0 Å². The zero-order valence-corrected chi connectivity index (χ0v) is 15.1. The number of rotatable bonds is 4. The van der Waals surface area contributed by atoms with Crippen LogP contribution in [0.2, 0.25) is 0 Å². The summed E-state index contributed by atoms with van der Waals surface area (Å²) in [6.07, 6.45) is 13.3. The molecule has 0 bridgehead atoms.